The Balaban J connectivity index is 0.00000280. The standard InChI is InChI=1S/C18H29N7S2.HI/c1-4-19-17(20-8-5-10-26-18-21-9-11-27-18)22-14-6-7-15-23-16(13(2)3)24-25(15)12-14;/h9,11,13-14H,4-8,10,12H2,1-3H3,(H2,19,20,22);1H. The molecule has 3 heterocycles. The monoisotopic (exact) mass is 535 g/mol. The lowest BCUT2D eigenvalue weighted by atomic mass is 10.1. The molecule has 0 aliphatic carbocycles. The fraction of sp³-hybridized carbons (Fsp3) is 0.667. The van der Waals surface area contributed by atoms with Gasteiger partial charge in [-0.1, -0.05) is 25.6 Å². The molecule has 0 aromatic carbocycles. The molecule has 0 fully saturated rings. The van der Waals surface area contributed by atoms with Crippen LogP contribution in [0, 0.1) is 0 Å². The maximum Gasteiger partial charge on any atom is 0.191 e. The molecule has 156 valence electrons. The Labute approximate surface area is 192 Å². The number of aromatic nitrogens is 4. The minimum atomic E-state index is 0. The van der Waals surface area contributed by atoms with Crippen LogP contribution in [0.1, 0.15) is 51.2 Å². The molecule has 2 N–H and O–H groups in total. The van der Waals surface area contributed by atoms with Crippen LogP contribution in [0.2, 0.25) is 0 Å². The average molecular weight is 536 g/mol. The summed E-state index contributed by atoms with van der Waals surface area (Å²) in [5.41, 5.74) is 0. The van der Waals surface area contributed by atoms with Gasteiger partial charge in [0.05, 0.1) is 6.54 Å². The van der Waals surface area contributed by atoms with Gasteiger partial charge in [-0.05, 0) is 19.8 Å². The lowest BCUT2D eigenvalue weighted by molar-refractivity contribution is 0.391. The Kier molecular flexibility index (Phi) is 10.00. The number of nitrogens with zero attached hydrogens (tertiary/aromatic N) is 5. The lowest BCUT2D eigenvalue weighted by Gasteiger charge is -2.25. The smallest absolute Gasteiger partial charge is 0.191 e. The van der Waals surface area contributed by atoms with Crippen LogP contribution in [-0.4, -0.2) is 50.6 Å². The third kappa shape index (κ3) is 6.87. The van der Waals surface area contributed by atoms with E-state index in [1.807, 2.05) is 11.6 Å². The van der Waals surface area contributed by atoms with E-state index in [0.29, 0.717) is 12.0 Å². The van der Waals surface area contributed by atoms with Gasteiger partial charge in [-0.3, -0.25) is 4.99 Å². The van der Waals surface area contributed by atoms with Gasteiger partial charge >= 0.3 is 0 Å². The third-order valence-corrected chi connectivity index (χ3v) is 6.34. The van der Waals surface area contributed by atoms with Crippen LogP contribution < -0.4 is 10.6 Å². The summed E-state index contributed by atoms with van der Waals surface area (Å²) in [7, 11) is 0. The van der Waals surface area contributed by atoms with E-state index in [1.165, 1.54) is 0 Å². The second kappa shape index (κ2) is 12.0. The molecule has 1 unspecified atom stereocenters. The number of aryl methyl sites for hydroxylation is 1. The van der Waals surface area contributed by atoms with Crippen LogP contribution >= 0.6 is 47.1 Å². The van der Waals surface area contributed by atoms with Crippen LogP contribution in [0.5, 0.6) is 0 Å². The Bertz CT molecular complexity index is 730. The number of aliphatic imine (C=N–C) groups is 1. The Morgan fingerprint density at radius 3 is 3.04 bits per heavy atom. The van der Waals surface area contributed by atoms with Crippen molar-refractivity contribution in [3.63, 3.8) is 0 Å². The molecule has 2 aromatic rings. The van der Waals surface area contributed by atoms with Crippen molar-refractivity contribution < 1.29 is 0 Å². The Morgan fingerprint density at radius 2 is 2.32 bits per heavy atom. The van der Waals surface area contributed by atoms with E-state index in [4.69, 9.17) is 4.99 Å². The first kappa shape index (κ1) is 23.4. The zero-order chi connectivity index (χ0) is 19.1. The predicted molar refractivity (Wildman–Crippen MR) is 128 cm³/mol. The summed E-state index contributed by atoms with van der Waals surface area (Å²) >= 11 is 3.50. The van der Waals surface area contributed by atoms with Crippen LogP contribution in [0.15, 0.2) is 20.9 Å². The molecule has 0 radical (unpaired) electrons. The number of halogens is 1. The van der Waals surface area contributed by atoms with Gasteiger partial charge < -0.3 is 10.6 Å². The molecular formula is C18H30IN7S2. The molecule has 7 nitrogen and oxygen atoms in total. The predicted octanol–water partition coefficient (Wildman–Crippen LogP) is 3.53. The maximum atomic E-state index is 4.73. The quantitative estimate of drug-likeness (QED) is 0.177. The number of hydrogen-bond donors (Lipinski definition) is 2. The van der Waals surface area contributed by atoms with Gasteiger partial charge in [0.15, 0.2) is 11.8 Å². The molecule has 0 amide bonds. The first-order chi connectivity index (χ1) is 13.2. The van der Waals surface area contributed by atoms with Crippen molar-refractivity contribution >= 4 is 53.0 Å². The minimum Gasteiger partial charge on any atom is -0.357 e. The Hall–Kier alpha value is -0.880. The fourth-order valence-electron chi connectivity index (χ4n) is 2.90. The van der Waals surface area contributed by atoms with E-state index in [0.717, 1.165) is 66.6 Å². The lowest BCUT2D eigenvalue weighted by Crippen LogP contribution is -2.47. The van der Waals surface area contributed by atoms with Gasteiger partial charge in [0, 0.05) is 48.8 Å². The van der Waals surface area contributed by atoms with Crippen molar-refractivity contribution in [3.05, 3.63) is 23.2 Å². The molecule has 0 bridgehead atoms. The van der Waals surface area contributed by atoms with Crippen LogP contribution in [0.3, 0.4) is 0 Å². The number of hydrogen-bond acceptors (Lipinski definition) is 6. The summed E-state index contributed by atoms with van der Waals surface area (Å²) in [4.78, 5) is 13.7. The summed E-state index contributed by atoms with van der Waals surface area (Å²) in [6, 6.07) is 0.335. The first-order valence-corrected chi connectivity index (χ1v) is 11.5. The highest BCUT2D eigenvalue weighted by Crippen LogP contribution is 2.20. The van der Waals surface area contributed by atoms with Crippen molar-refractivity contribution in [2.24, 2.45) is 4.99 Å². The van der Waals surface area contributed by atoms with E-state index in [2.05, 4.69) is 51.2 Å². The molecule has 3 rings (SSSR count). The molecule has 10 heteroatoms. The van der Waals surface area contributed by atoms with Crippen LogP contribution in [0.4, 0.5) is 0 Å². The Morgan fingerprint density at radius 1 is 1.46 bits per heavy atom. The first-order valence-electron chi connectivity index (χ1n) is 9.66. The van der Waals surface area contributed by atoms with Crippen LogP contribution in [-0.2, 0) is 13.0 Å². The number of thioether (sulfide) groups is 1. The molecule has 0 saturated heterocycles. The van der Waals surface area contributed by atoms with Gasteiger partial charge in [-0.2, -0.15) is 5.10 Å². The molecule has 1 aliphatic rings. The van der Waals surface area contributed by atoms with Gasteiger partial charge in [0.2, 0.25) is 0 Å². The van der Waals surface area contributed by atoms with E-state index in [9.17, 15) is 0 Å². The zero-order valence-corrected chi connectivity index (χ0v) is 20.7. The number of nitrogens with one attached hydrogen (secondary N) is 2. The van der Waals surface area contributed by atoms with Gasteiger partial charge in [0.1, 0.15) is 10.2 Å². The number of thiazole rings is 1. The van der Waals surface area contributed by atoms with E-state index >= 15 is 0 Å². The molecular weight excluding hydrogens is 505 g/mol. The second-order valence-corrected chi connectivity index (χ2v) is 9.10. The van der Waals surface area contributed by atoms with E-state index in [1.54, 1.807) is 23.1 Å². The molecule has 2 aromatic heterocycles. The minimum absolute atomic E-state index is 0. The summed E-state index contributed by atoms with van der Waals surface area (Å²) in [6.45, 7) is 8.89. The van der Waals surface area contributed by atoms with E-state index < -0.39 is 0 Å². The number of fused-ring (bicyclic) bond motifs is 1. The SMILES string of the molecule is CCNC(=NCCCSc1nccs1)NC1CCc2nc(C(C)C)nn2C1.I. The average Bonchev–Trinajstić information content (AvgIpc) is 3.30. The molecule has 0 saturated carbocycles. The third-order valence-electron chi connectivity index (χ3n) is 4.28. The maximum absolute atomic E-state index is 4.73. The van der Waals surface area contributed by atoms with Crippen LogP contribution in [0.25, 0.3) is 0 Å². The van der Waals surface area contributed by atoms with E-state index in [-0.39, 0.29) is 24.0 Å². The summed E-state index contributed by atoms with van der Waals surface area (Å²) in [6.07, 6.45) is 4.91. The van der Waals surface area contributed by atoms with Crippen molar-refractivity contribution in [2.75, 3.05) is 18.8 Å². The largest absolute Gasteiger partial charge is 0.357 e. The van der Waals surface area contributed by atoms with Crippen molar-refractivity contribution in [1.82, 2.24) is 30.4 Å². The molecule has 1 atom stereocenters. The normalized spacial score (nSPS) is 16.6. The molecule has 0 spiro atoms. The second-order valence-electron chi connectivity index (χ2n) is 6.86. The summed E-state index contributed by atoms with van der Waals surface area (Å²) < 4.78 is 3.20. The summed E-state index contributed by atoms with van der Waals surface area (Å²) in [5.74, 6) is 4.37. The highest BCUT2D eigenvalue weighted by molar-refractivity contribution is 14.0. The van der Waals surface area contributed by atoms with Crippen molar-refractivity contribution in [1.29, 1.82) is 0 Å². The van der Waals surface area contributed by atoms with Crippen molar-refractivity contribution in [3.8, 4) is 0 Å². The highest BCUT2D eigenvalue weighted by Gasteiger charge is 2.23. The zero-order valence-electron chi connectivity index (χ0n) is 16.7. The number of guanidine groups is 1. The van der Waals surface area contributed by atoms with Gasteiger partial charge in [0.25, 0.3) is 0 Å². The fourth-order valence-corrected chi connectivity index (χ4v) is 4.53. The summed E-state index contributed by atoms with van der Waals surface area (Å²) in [5, 5.41) is 13.6. The van der Waals surface area contributed by atoms with Gasteiger partial charge in [-0.25, -0.2) is 14.6 Å². The molecule has 28 heavy (non-hydrogen) atoms. The van der Waals surface area contributed by atoms with Gasteiger partial charge in [-0.15, -0.1) is 35.3 Å². The highest BCUT2D eigenvalue weighted by atomic mass is 127. The number of rotatable bonds is 8. The molecule has 1 aliphatic heterocycles. The van der Waals surface area contributed by atoms with Crippen molar-refractivity contribution in [2.45, 2.75) is 62.9 Å². The topological polar surface area (TPSA) is 80.0 Å².